The Hall–Kier alpha value is -0.920. The number of aromatic hydroxyl groups is 1. The van der Waals surface area contributed by atoms with Crippen molar-refractivity contribution in [3.05, 3.63) is 33.7 Å². The van der Waals surface area contributed by atoms with E-state index in [9.17, 15) is 18.3 Å². The predicted octanol–water partition coefficient (Wildman–Crippen LogP) is 3.35. The molecule has 6 heteroatoms. The van der Waals surface area contributed by atoms with Crippen LogP contribution < -0.4 is 0 Å². The van der Waals surface area contributed by atoms with E-state index in [1.807, 2.05) is 22.6 Å². The van der Waals surface area contributed by atoms with Crippen LogP contribution in [-0.4, -0.2) is 15.7 Å². The van der Waals surface area contributed by atoms with Crippen molar-refractivity contribution in [2.24, 2.45) is 0 Å². The zero-order valence-electron chi connectivity index (χ0n) is 7.92. The Kier molecular flexibility index (Phi) is 2.77. The summed E-state index contributed by atoms with van der Waals surface area (Å²) in [6.07, 6.45) is -3.72. The third-order valence-corrected chi connectivity index (χ3v) is 3.09. The summed E-state index contributed by atoms with van der Waals surface area (Å²) in [7, 11) is 0. The van der Waals surface area contributed by atoms with Crippen LogP contribution in [0.25, 0.3) is 5.52 Å². The van der Waals surface area contributed by atoms with Gasteiger partial charge in [0, 0.05) is 11.9 Å². The number of hydrogen-bond donors (Lipinski definition) is 1. The van der Waals surface area contributed by atoms with Gasteiger partial charge in [-0.3, -0.25) is 0 Å². The molecule has 0 aliphatic rings. The summed E-state index contributed by atoms with van der Waals surface area (Å²) < 4.78 is 38.7. The van der Waals surface area contributed by atoms with Crippen LogP contribution in [0.5, 0.6) is 5.75 Å². The molecule has 2 rings (SSSR count). The molecule has 86 valence electrons. The van der Waals surface area contributed by atoms with Crippen LogP contribution in [0.1, 0.15) is 5.69 Å². The molecule has 0 aliphatic heterocycles. The van der Waals surface area contributed by atoms with Crippen LogP contribution >= 0.6 is 22.6 Å². The average Bonchev–Trinajstić information content (AvgIpc) is 2.53. The van der Waals surface area contributed by atoms with Gasteiger partial charge in [-0.05, 0) is 40.8 Å². The Balaban J connectivity index is 2.54. The van der Waals surface area contributed by atoms with Crippen molar-refractivity contribution in [2.45, 2.75) is 12.6 Å². The second-order valence-corrected chi connectivity index (χ2v) is 4.55. The highest BCUT2D eigenvalue weighted by Crippen LogP contribution is 2.29. The molecule has 0 radical (unpaired) electrons. The monoisotopic (exact) mass is 341 g/mol. The van der Waals surface area contributed by atoms with Crippen LogP contribution in [0.15, 0.2) is 24.4 Å². The van der Waals surface area contributed by atoms with E-state index in [1.54, 1.807) is 6.07 Å². The van der Waals surface area contributed by atoms with Gasteiger partial charge in [0.15, 0.2) is 5.75 Å². The highest BCUT2D eigenvalue weighted by molar-refractivity contribution is 14.1. The predicted molar refractivity (Wildman–Crippen MR) is 61.5 cm³/mol. The fourth-order valence-corrected chi connectivity index (χ4v) is 1.99. The summed E-state index contributed by atoms with van der Waals surface area (Å²) in [5, 5.41) is 9.66. The number of hydrogen-bond acceptors (Lipinski definition) is 1. The first kappa shape index (κ1) is 11.6. The minimum atomic E-state index is -4.24. The van der Waals surface area contributed by atoms with Crippen molar-refractivity contribution in [3.8, 4) is 5.75 Å². The van der Waals surface area contributed by atoms with E-state index >= 15 is 0 Å². The molecular weight excluding hydrogens is 334 g/mol. The van der Waals surface area contributed by atoms with Crippen molar-refractivity contribution in [1.82, 2.24) is 4.40 Å². The first-order chi connectivity index (χ1) is 7.38. The lowest BCUT2D eigenvalue weighted by Gasteiger charge is -2.07. The molecule has 0 unspecified atom stereocenters. The Bertz CT molecular complexity index is 533. The third kappa shape index (κ3) is 2.11. The van der Waals surface area contributed by atoms with E-state index in [1.165, 1.54) is 22.7 Å². The lowest BCUT2D eigenvalue weighted by molar-refractivity contribution is -0.127. The molecule has 0 amide bonds. The Morgan fingerprint density at radius 3 is 2.56 bits per heavy atom. The molecular formula is C10H7F3INO. The lowest BCUT2D eigenvalue weighted by Crippen LogP contribution is -2.13. The minimum Gasteiger partial charge on any atom is -0.505 e. The number of nitrogens with zero attached hydrogens (tertiary/aromatic N) is 1. The summed E-state index contributed by atoms with van der Waals surface area (Å²) in [5.41, 5.74) is 0.514. The minimum absolute atomic E-state index is 0.0107. The molecule has 2 aromatic rings. The first-order valence-corrected chi connectivity index (χ1v) is 5.50. The molecule has 0 saturated carbocycles. The summed E-state index contributed by atoms with van der Waals surface area (Å²) in [4.78, 5) is 0. The molecule has 0 saturated heterocycles. The van der Waals surface area contributed by atoms with E-state index < -0.39 is 12.6 Å². The molecule has 2 heterocycles. The topological polar surface area (TPSA) is 24.6 Å². The van der Waals surface area contributed by atoms with E-state index in [-0.39, 0.29) is 11.4 Å². The van der Waals surface area contributed by atoms with Crippen LogP contribution in [0, 0.1) is 3.57 Å². The number of fused-ring (bicyclic) bond motifs is 1. The molecule has 0 bridgehead atoms. The van der Waals surface area contributed by atoms with Gasteiger partial charge >= 0.3 is 6.18 Å². The average molecular weight is 341 g/mol. The van der Waals surface area contributed by atoms with Crippen molar-refractivity contribution in [2.75, 3.05) is 0 Å². The molecule has 0 spiro atoms. The first-order valence-electron chi connectivity index (χ1n) is 4.42. The number of halogens is 4. The second kappa shape index (κ2) is 3.83. The lowest BCUT2D eigenvalue weighted by atomic mass is 10.3. The van der Waals surface area contributed by atoms with Crippen molar-refractivity contribution < 1.29 is 18.3 Å². The maximum Gasteiger partial charge on any atom is 0.394 e. The fourth-order valence-electron chi connectivity index (χ4n) is 1.55. The van der Waals surface area contributed by atoms with Gasteiger partial charge in [-0.1, -0.05) is 0 Å². The summed E-state index contributed by atoms with van der Waals surface area (Å²) in [6.45, 7) is 0. The maximum atomic E-state index is 12.2. The second-order valence-electron chi connectivity index (χ2n) is 3.38. The quantitative estimate of drug-likeness (QED) is 0.791. The molecule has 1 N–H and O–H groups in total. The Labute approximate surface area is 103 Å². The number of rotatable bonds is 1. The van der Waals surface area contributed by atoms with Crippen LogP contribution in [0.2, 0.25) is 0 Å². The van der Waals surface area contributed by atoms with Crippen molar-refractivity contribution in [3.63, 3.8) is 0 Å². The SMILES string of the molecule is Oc1c(I)ccn2c(CC(F)(F)F)ccc12. The highest BCUT2D eigenvalue weighted by Gasteiger charge is 2.29. The largest absolute Gasteiger partial charge is 0.505 e. The Morgan fingerprint density at radius 2 is 1.94 bits per heavy atom. The van der Waals surface area contributed by atoms with E-state index in [0.29, 0.717) is 9.09 Å². The van der Waals surface area contributed by atoms with Gasteiger partial charge in [0.05, 0.1) is 15.5 Å². The fraction of sp³-hybridized carbons (Fsp3) is 0.200. The molecule has 16 heavy (non-hydrogen) atoms. The van der Waals surface area contributed by atoms with E-state index in [4.69, 9.17) is 0 Å². The third-order valence-electron chi connectivity index (χ3n) is 2.22. The highest BCUT2D eigenvalue weighted by atomic mass is 127. The molecule has 0 fully saturated rings. The normalized spacial score (nSPS) is 12.2. The van der Waals surface area contributed by atoms with Gasteiger partial charge in [0.25, 0.3) is 0 Å². The van der Waals surface area contributed by atoms with Gasteiger partial charge in [0.2, 0.25) is 0 Å². The van der Waals surface area contributed by atoms with Crippen LogP contribution in [0.4, 0.5) is 13.2 Å². The molecule has 0 atom stereocenters. The smallest absolute Gasteiger partial charge is 0.394 e. The van der Waals surface area contributed by atoms with Gasteiger partial charge in [-0.15, -0.1) is 0 Å². The zero-order chi connectivity index (χ0) is 11.9. The van der Waals surface area contributed by atoms with Crippen LogP contribution in [0.3, 0.4) is 0 Å². The molecule has 2 nitrogen and oxygen atoms in total. The number of aromatic nitrogens is 1. The van der Waals surface area contributed by atoms with E-state index in [2.05, 4.69) is 0 Å². The summed E-state index contributed by atoms with van der Waals surface area (Å²) >= 11 is 1.92. The van der Waals surface area contributed by atoms with Gasteiger partial charge in [-0.2, -0.15) is 13.2 Å². The maximum absolute atomic E-state index is 12.2. The van der Waals surface area contributed by atoms with Gasteiger partial charge in [-0.25, -0.2) is 0 Å². The summed E-state index contributed by atoms with van der Waals surface area (Å²) in [6, 6.07) is 4.43. The molecule has 2 aromatic heterocycles. The molecule has 0 aromatic carbocycles. The van der Waals surface area contributed by atoms with Crippen LogP contribution in [-0.2, 0) is 6.42 Å². The van der Waals surface area contributed by atoms with Gasteiger partial charge < -0.3 is 9.51 Å². The standard InChI is InChI=1S/C10H7F3INO/c11-10(12,13)5-6-1-2-8-9(16)7(14)3-4-15(6)8/h1-4,16H,5H2. The van der Waals surface area contributed by atoms with E-state index in [0.717, 1.165) is 0 Å². The van der Waals surface area contributed by atoms with Gasteiger partial charge in [0.1, 0.15) is 0 Å². The zero-order valence-corrected chi connectivity index (χ0v) is 10.1. The van der Waals surface area contributed by atoms with Crippen molar-refractivity contribution >= 4 is 28.1 Å². The molecule has 0 aliphatic carbocycles. The number of pyridine rings is 1. The number of alkyl halides is 3. The Morgan fingerprint density at radius 1 is 1.25 bits per heavy atom. The van der Waals surface area contributed by atoms with Crippen molar-refractivity contribution in [1.29, 1.82) is 0 Å². The summed E-state index contributed by atoms with van der Waals surface area (Å²) in [5.74, 6) is 0.0107.